The Morgan fingerprint density at radius 3 is 2.34 bits per heavy atom. The molecule has 0 spiro atoms. The number of hydrogen-bond acceptors (Lipinski definition) is 9. The highest BCUT2D eigenvalue weighted by Gasteiger charge is 2.21. The van der Waals surface area contributed by atoms with Crippen molar-refractivity contribution in [2.75, 3.05) is 56.6 Å². The van der Waals surface area contributed by atoms with Gasteiger partial charge >= 0.3 is 0 Å². The quantitative estimate of drug-likeness (QED) is 0.522. The molecule has 0 radical (unpaired) electrons. The van der Waals surface area contributed by atoms with Gasteiger partial charge in [-0.25, -0.2) is 4.98 Å². The van der Waals surface area contributed by atoms with Gasteiger partial charge < -0.3 is 15.0 Å². The summed E-state index contributed by atoms with van der Waals surface area (Å²) >= 11 is 0. The standard InChI is InChI=1S/C18H22N6O5/c1-29-17-4-2-14(23(25)26)12-16(17)22-10-8-21(9-11-22)7-6-19-18-5-3-15(13-20-18)24(27)28/h2-5,12-13H,6-11H2,1H3,(H,19,20). The third kappa shape index (κ3) is 5.08. The summed E-state index contributed by atoms with van der Waals surface area (Å²) < 4.78 is 5.36. The molecule has 1 aromatic heterocycles. The molecule has 1 aliphatic rings. The van der Waals surface area contributed by atoms with E-state index < -0.39 is 9.85 Å². The summed E-state index contributed by atoms with van der Waals surface area (Å²) in [6.45, 7) is 4.52. The average Bonchev–Trinajstić information content (AvgIpc) is 2.74. The number of nitrogens with one attached hydrogen (secondary N) is 1. The van der Waals surface area contributed by atoms with E-state index in [0.29, 0.717) is 18.1 Å². The van der Waals surface area contributed by atoms with Gasteiger partial charge in [-0.2, -0.15) is 0 Å². The Kier molecular flexibility index (Phi) is 6.39. The number of nitro groups is 2. The van der Waals surface area contributed by atoms with Crippen LogP contribution in [0.25, 0.3) is 0 Å². The van der Waals surface area contributed by atoms with Crippen LogP contribution in [-0.4, -0.2) is 66.1 Å². The second-order valence-corrected chi connectivity index (χ2v) is 6.53. The second-order valence-electron chi connectivity index (χ2n) is 6.53. The highest BCUT2D eigenvalue weighted by molar-refractivity contribution is 5.63. The van der Waals surface area contributed by atoms with E-state index >= 15 is 0 Å². The Morgan fingerprint density at radius 1 is 1.07 bits per heavy atom. The number of piperazine rings is 1. The van der Waals surface area contributed by atoms with Crippen molar-refractivity contribution in [3.05, 3.63) is 56.8 Å². The van der Waals surface area contributed by atoms with Crippen LogP contribution in [0.4, 0.5) is 22.9 Å². The minimum atomic E-state index is -0.480. The predicted octanol–water partition coefficient (Wildman–Crippen LogP) is 2.14. The van der Waals surface area contributed by atoms with Gasteiger partial charge in [0.2, 0.25) is 0 Å². The van der Waals surface area contributed by atoms with Gasteiger partial charge in [-0.3, -0.25) is 25.1 Å². The lowest BCUT2D eigenvalue weighted by Crippen LogP contribution is -2.47. The number of anilines is 2. The molecular weight excluding hydrogens is 380 g/mol. The van der Waals surface area contributed by atoms with Crippen LogP contribution in [0.15, 0.2) is 36.5 Å². The van der Waals surface area contributed by atoms with Gasteiger partial charge in [0.05, 0.1) is 22.6 Å². The molecule has 0 unspecified atom stereocenters. The average molecular weight is 402 g/mol. The molecule has 0 bridgehead atoms. The molecule has 154 valence electrons. The van der Waals surface area contributed by atoms with Crippen molar-refractivity contribution in [1.29, 1.82) is 0 Å². The molecule has 1 aliphatic heterocycles. The fourth-order valence-electron chi connectivity index (χ4n) is 3.19. The van der Waals surface area contributed by atoms with E-state index in [1.165, 1.54) is 18.3 Å². The molecule has 1 saturated heterocycles. The normalized spacial score (nSPS) is 14.4. The second kappa shape index (κ2) is 9.15. The molecule has 1 aromatic carbocycles. The first-order chi connectivity index (χ1) is 14.0. The lowest BCUT2D eigenvalue weighted by molar-refractivity contribution is -0.385. The zero-order chi connectivity index (χ0) is 20.8. The Labute approximate surface area is 167 Å². The van der Waals surface area contributed by atoms with E-state index in [-0.39, 0.29) is 11.4 Å². The number of methoxy groups -OCH3 is 1. The first kappa shape index (κ1) is 20.3. The van der Waals surface area contributed by atoms with E-state index in [9.17, 15) is 20.2 Å². The molecule has 0 atom stereocenters. The molecule has 2 aromatic rings. The van der Waals surface area contributed by atoms with Gasteiger partial charge in [-0.1, -0.05) is 0 Å². The van der Waals surface area contributed by atoms with Crippen LogP contribution in [0.3, 0.4) is 0 Å². The van der Waals surface area contributed by atoms with Gasteiger partial charge in [0, 0.05) is 57.5 Å². The Bertz CT molecular complexity index is 868. The number of rotatable bonds is 8. The van der Waals surface area contributed by atoms with Crippen LogP contribution in [0.1, 0.15) is 0 Å². The predicted molar refractivity (Wildman–Crippen MR) is 108 cm³/mol. The van der Waals surface area contributed by atoms with Crippen LogP contribution in [-0.2, 0) is 0 Å². The first-order valence-corrected chi connectivity index (χ1v) is 9.12. The van der Waals surface area contributed by atoms with Crippen molar-refractivity contribution in [1.82, 2.24) is 9.88 Å². The van der Waals surface area contributed by atoms with Gasteiger partial charge in [0.15, 0.2) is 0 Å². The minimum absolute atomic E-state index is 0.0387. The van der Waals surface area contributed by atoms with Crippen LogP contribution in [0.5, 0.6) is 5.75 Å². The summed E-state index contributed by atoms with van der Waals surface area (Å²) in [6, 6.07) is 7.62. The topological polar surface area (TPSA) is 127 Å². The number of benzene rings is 1. The number of hydrogen-bond donors (Lipinski definition) is 1. The number of pyridine rings is 1. The Morgan fingerprint density at radius 2 is 1.76 bits per heavy atom. The van der Waals surface area contributed by atoms with E-state index in [2.05, 4.69) is 20.1 Å². The summed E-state index contributed by atoms with van der Waals surface area (Å²) in [5.74, 6) is 1.21. The third-order valence-corrected chi connectivity index (χ3v) is 4.78. The van der Waals surface area contributed by atoms with Crippen molar-refractivity contribution in [2.45, 2.75) is 0 Å². The first-order valence-electron chi connectivity index (χ1n) is 9.12. The monoisotopic (exact) mass is 402 g/mol. The number of ether oxygens (including phenoxy) is 1. The fraction of sp³-hybridized carbons (Fsp3) is 0.389. The summed E-state index contributed by atoms with van der Waals surface area (Å²) in [5.41, 5.74) is 0.737. The summed E-state index contributed by atoms with van der Waals surface area (Å²) in [6.07, 6.45) is 1.23. The maximum absolute atomic E-state index is 11.1. The van der Waals surface area contributed by atoms with E-state index in [1.54, 1.807) is 25.3 Å². The van der Waals surface area contributed by atoms with Crippen molar-refractivity contribution < 1.29 is 14.6 Å². The van der Waals surface area contributed by atoms with Crippen LogP contribution in [0, 0.1) is 20.2 Å². The number of non-ortho nitro benzene ring substituents is 1. The fourth-order valence-corrected chi connectivity index (χ4v) is 3.19. The molecule has 1 fully saturated rings. The van der Waals surface area contributed by atoms with Crippen molar-refractivity contribution in [3.8, 4) is 5.75 Å². The highest BCUT2D eigenvalue weighted by atomic mass is 16.6. The van der Waals surface area contributed by atoms with Crippen LogP contribution >= 0.6 is 0 Å². The lowest BCUT2D eigenvalue weighted by atomic mass is 10.2. The van der Waals surface area contributed by atoms with Crippen LogP contribution in [0.2, 0.25) is 0 Å². The van der Waals surface area contributed by atoms with Crippen molar-refractivity contribution >= 4 is 22.9 Å². The van der Waals surface area contributed by atoms with E-state index in [1.807, 2.05) is 0 Å². The Balaban J connectivity index is 1.50. The maximum atomic E-state index is 11.1. The lowest BCUT2D eigenvalue weighted by Gasteiger charge is -2.36. The molecular formula is C18H22N6O5. The molecule has 0 saturated carbocycles. The molecule has 29 heavy (non-hydrogen) atoms. The van der Waals surface area contributed by atoms with Gasteiger partial charge in [0.25, 0.3) is 11.4 Å². The number of aromatic nitrogens is 1. The number of nitro benzene ring substituents is 1. The summed E-state index contributed by atoms with van der Waals surface area (Å²) in [4.78, 5) is 29.2. The van der Waals surface area contributed by atoms with Crippen LogP contribution < -0.4 is 15.0 Å². The smallest absolute Gasteiger partial charge is 0.287 e. The molecule has 11 nitrogen and oxygen atoms in total. The van der Waals surface area contributed by atoms with Gasteiger partial charge in [-0.05, 0) is 12.1 Å². The van der Waals surface area contributed by atoms with E-state index in [4.69, 9.17) is 4.74 Å². The molecule has 0 amide bonds. The highest BCUT2D eigenvalue weighted by Crippen LogP contribution is 2.32. The SMILES string of the molecule is COc1ccc([N+](=O)[O-])cc1N1CCN(CCNc2ccc([N+](=O)[O-])cn2)CC1. The Hall–Kier alpha value is -3.47. The van der Waals surface area contributed by atoms with Crippen molar-refractivity contribution in [3.63, 3.8) is 0 Å². The number of nitrogens with zero attached hydrogens (tertiary/aromatic N) is 5. The summed E-state index contributed by atoms with van der Waals surface area (Å²) in [5, 5.41) is 24.9. The molecule has 11 heteroatoms. The zero-order valence-electron chi connectivity index (χ0n) is 16.0. The zero-order valence-corrected chi connectivity index (χ0v) is 16.0. The van der Waals surface area contributed by atoms with E-state index in [0.717, 1.165) is 38.4 Å². The van der Waals surface area contributed by atoms with Crippen molar-refractivity contribution in [2.24, 2.45) is 0 Å². The molecule has 1 N–H and O–H groups in total. The third-order valence-electron chi connectivity index (χ3n) is 4.78. The molecule has 2 heterocycles. The maximum Gasteiger partial charge on any atom is 0.287 e. The molecule has 0 aliphatic carbocycles. The van der Waals surface area contributed by atoms with Gasteiger partial charge in [0.1, 0.15) is 17.8 Å². The largest absolute Gasteiger partial charge is 0.495 e. The minimum Gasteiger partial charge on any atom is -0.495 e. The summed E-state index contributed by atoms with van der Waals surface area (Å²) in [7, 11) is 1.55. The molecule has 3 rings (SSSR count). The van der Waals surface area contributed by atoms with Gasteiger partial charge in [-0.15, -0.1) is 0 Å².